The molecule has 1 atom stereocenters. The summed E-state index contributed by atoms with van der Waals surface area (Å²) in [4.78, 5) is 36.7. The molecule has 0 aliphatic carbocycles. The molecule has 0 radical (unpaired) electrons. The number of halogens is 1. The van der Waals surface area contributed by atoms with E-state index in [-0.39, 0.29) is 29.8 Å². The molecule has 6 heteroatoms. The Labute approximate surface area is 133 Å². The topological polar surface area (TPSA) is 74.7 Å². The summed E-state index contributed by atoms with van der Waals surface area (Å²) in [5, 5.41) is 10.5. The zero-order valence-corrected chi connectivity index (χ0v) is 12.9. The van der Waals surface area contributed by atoms with Crippen LogP contribution in [0.3, 0.4) is 0 Å². The number of amides is 2. The van der Waals surface area contributed by atoms with E-state index in [4.69, 9.17) is 11.6 Å². The Kier molecular flexibility index (Phi) is 4.78. The van der Waals surface area contributed by atoms with Gasteiger partial charge >= 0.3 is 0 Å². The number of imide groups is 1. The van der Waals surface area contributed by atoms with Crippen LogP contribution in [0.15, 0.2) is 30.4 Å². The molecule has 1 aromatic carbocycles. The van der Waals surface area contributed by atoms with Gasteiger partial charge in [0.2, 0.25) is 0 Å². The number of Topliss-reactive ketones (excluding diaryl/α,β-unsaturated/α-hetero) is 1. The highest BCUT2D eigenvalue weighted by Gasteiger charge is 2.39. The van der Waals surface area contributed by atoms with Crippen molar-refractivity contribution in [2.45, 2.75) is 32.4 Å². The first-order valence-electron chi connectivity index (χ1n) is 6.87. The van der Waals surface area contributed by atoms with Gasteiger partial charge in [-0.25, -0.2) is 4.90 Å². The second kappa shape index (κ2) is 6.42. The van der Waals surface area contributed by atoms with Crippen molar-refractivity contribution >= 4 is 29.2 Å². The van der Waals surface area contributed by atoms with E-state index in [2.05, 4.69) is 6.58 Å². The van der Waals surface area contributed by atoms with Gasteiger partial charge in [-0.2, -0.15) is 0 Å². The molecular weight excluding hydrogens is 306 g/mol. The zero-order chi connectivity index (χ0) is 16.4. The first kappa shape index (κ1) is 16.4. The molecule has 116 valence electrons. The van der Waals surface area contributed by atoms with Crippen LogP contribution in [0.4, 0.5) is 0 Å². The van der Waals surface area contributed by atoms with Crippen molar-refractivity contribution in [2.75, 3.05) is 0 Å². The molecule has 1 aliphatic rings. The van der Waals surface area contributed by atoms with E-state index in [1.165, 1.54) is 18.2 Å². The summed E-state index contributed by atoms with van der Waals surface area (Å²) < 4.78 is 0. The lowest BCUT2D eigenvalue weighted by atomic mass is 10.1. The van der Waals surface area contributed by atoms with E-state index in [0.29, 0.717) is 17.0 Å². The van der Waals surface area contributed by atoms with E-state index < -0.39 is 18.0 Å². The van der Waals surface area contributed by atoms with Gasteiger partial charge in [0.25, 0.3) is 11.8 Å². The van der Waals surface area contributed by atoms with Crippen molar-refractivity contribution in [3.05, 3.63) is 46.5 Å². The third kappa shape index (κ3) is 3.10. The molecule has 2 rings (SSSR count). The highest BCUT2D eigenvalue weighted by molar-refractivity contribution is 6.32. The number of hydrogen-bond donors (Lipinski definition) is 1. The third-order valence-electron chi connectivity index (χ3n) is 3.52. The van der Waals surface area contributed by atoms with Crippen LogP contribution in [0.5, 0.6) is 0 Å². The van der Waals surface area contributed by atoms with Crippen LogP contribution in [-0.4, -0.2) is 33.8 Å². The number of hydrogen-bond acceptors (Lipinski definition) is 4. The average Bonchev–Trinajstić information content (AvgIpc) is 2.70. The number of carbonyl (C=O) groups is 3. The van der Waals surface area contributed by atoms with E-state index in [1.807, 2.05) is 0 Å². The SMILES string of the molecule is C=C(C)C(=O)CCCC(O)N1C(=O)c2ccc(Cl)cc2C1=O. The van der Waals surface area contributed by atoms with E-state index in [1.54, 1.807) is 6.92 Å². The molecule has 1 aliphatic heterocycles. The van der Waals surface area contributed by atoms with Crippen molar-refractivity contribution < 1.29 is 19.5 Å². The van der Waals surface area contributed by atoms with Crippen molar-refractivity contribution in [2.24, 2.45) is 0 Å². The highest BCUT2D eigenvalue weighted by atomic mass is 35.5. The molecule has 1 N–H and O–H groups in total. The number of benzene rings is 1. The monoisotopic (exact) mass is 321 g/mol. The Morgan fingerprint density at radius 2 is 1.95 bits per heavy atom. The molecule has 1 aromatic rings. The number of fused-ring (bicyclic) bond motifs is 1. The molecule has 2 amide bonds. The van der Waals surface area contributed by atoms with Crippen molar-refractivity contribution in [1.82, 2.24) is 4.90 Å². The summed E-state index contributed by atoms with van der Waals surface area (Å²) >= 11 is 5.82. The first-order chi connectivity index (χ1) is 10.3. The smallest absolute Gasteiger partial charge is 0.263 e. The predicted molar refractivity (Wildman–Crippen MR) is 81.6 cm³/mol. The normalized spacial score (nSPS) is 15.0. The van der Waals surface area contributed by atoms with Gasteiger partial charge in [-0.1, -0.05) is 18.2 Å². The number of aliphatic hydroxyl groups excluding tert-OH is 1. The van der Waals surface area contributed by atoms with Crippen LogP contribution in [0, 0.1) is 0 Å². The molecule has 0 bridgehead atoms. The van der Waals surface area contributed by atoms with Gasteiger partial charge in [0.05, 0.1) is 11.1 Å². The van der Waals surface area contributed by atoms with Gasteiger partial charge in [-0.15, -0.1) is 0 Å². The van der Waals surface area contributed by atoms with Gasteiger partial charge in [-0.05, 0) is 43.5 Å². The predicted octanol–water partition coefficient (Wildman–Crippen LogP) is 2.57. The second-order valence-corrected chi connectivity index (χ2v) is 5.68. The molecule has 0 saturated carbocycles. The molecule has 0 aromatic heterocycles. The first-order valence-corrected chi connectivity index (χ1v) is 7.25. The molecular formula is C16H16ClNO4. The van der Waals surface area contributed by atoms with Crippen LogP contribution in [0.2, 0.25) is 5.02 Å². The van der Waals surface area contributed by atoms with Crippen LogP contribution in [0.1, 0.15) is 46.9 Å². The molecule has 22 heavy (non-hydrogen) atoms. The summed E-state index contributed by atoms with van der Waals surface area (Å²) in [7, 11) is 0. The number of carbonyl (C=O) groups excluding carboxylic acids is 3. The Bertz CT molecular complexity index is 668. The summed E-state index contributed by atoms with van der Waals surface area (Å²) in [5.74, 6) is -1.21. The lowest BCUT2D eigenvalue weighted by Crippen LogP contribution is -2.39. The number of allylic oxidation sites excluding steroid dienone is 1. The standard InChI is InChI=1S/C16H16ClNO4/c1-9(2)13(19)4-3-5-14(20)18-15(21)11-7-6-10(17)8-12(11)16(18)22/h6-8,14,20H,1,3-5H2,2H3. The van der Waals surface area contributed by atoms with Gasteiger partial charge in [0.1, 0.15) is 6.23 Å². The van der Waals surface area contributed by atoms with E-state index in [9.17, 15) is 19.5 Å². The minimum atomic E-state index is -1.26. The number of ketones is 1. The Morgan fingerprint density at radius 3 is 2.59 bits per heavy atom. The van der Waals surface area contributed by atoms with Crippen LogP contribution < -0.4 is 0 Å². The van der Waals surface area contributed by atoms with Crippen LogP contribution >= 0.6 is 11.6 Å². The second-order valence-electron chi connectivity index (χ2n) is 5.25. The fourth-order valence-electron chi connectivity index (χ4n) is 2.29. The van der Waals surface area contributed by atoms with Crippen molar-refractivity contribution in [1.29, 1.82) is 0 Å². The lowest BCUT2D eigenvalue weighted by molar-refractivity contribution is -0.115. The van der Waals surface area contributed by atoms with E-state index >= 15 is 0 Å². The maximum atomic E-state index is 12.2. The van der Waals surface area contributed by atoms with Gasteiger partial charge in [-0.3, -0.25) is 14.4 Å². The maximum absolute atomic E-state index is 12.2. The molecule has 0 saturated heterocycles. The largest absolute Gasteiger partial charge is 0.373 e. The molecule has 1 unspecified atom stereocenters. The minimum absolute atomic E-state index is 0.0960. The van der Waals surface area contributed by atoms with Gasteiger partial charge < -0.3 is 5.11 Å². The zero-order valence-electron chi connectivity index (χ0n) is 12.1. The lowest BCUT2D eigenvalue weighted by Gasteiger charge is -2.20. The van der Waals surface area contributed by atoms with Gasteiger partial charge in [0.15, 0.2) is 5.78 Å². The summed E-state index contributed by atoms with van der Waals surface area (Å²) in [6, 6.07) is 4.40. The average molecular weight is 322 g/mol. The van der Waals surface area contributed by atoms with Crippen LogP contribution in [0.25, 0.3) is 0 Å². The van der Waals surface area contributed by atoms with Crippen molar-refractivity contribution in [3.63, 3.8) is 0 Å². The minimum Gasteiger partial charge on any atom is -0.373 e. The molecule has 0 fully saturated rings. The summed E-state index contributed by atoms with van der Waals surface area (Å²) in [6.07, 6.45) is -0.537. The Balaban J connectivity index is 2.04. The Morgan fingerprint density at radius 1 is 1.32 bits per heavy atom. The number of nitrogens with zero attached hydrogens (tertiary/aromatic N) is 1. The molecule has 0 spiro atoms. The fraction of sp³-hybridized carbons (Fsp3) is 0.312. The molecule has 5 nitrogen and oxygen atoms in total. The number of rotatable bonds is 6. The molecule has 1 heterocycles. The quantitative estimate of drug-likeness (QED) is 0.645. The summed E-state index contributed by atoms with van der Waals surface area (Å²) in [5.41, 5.74) is 0.867. The number of aliphatic hydroxyl groups is 1. The van der Waals surface area contributed by atoms with E-state index in [0.717, 1.165) is 4.90 Å². The third-order valence-corrected chi connectivity index (χ3v) is 3.76. The highest BCUT2D eigenvalue weighted by Crippen LogP contribution is 2.27. The fourth-order valence-corrected chi connectivity index (χ4v) is 2.46. The van der Waals surface area contributed by atoms with Gasteiger partial charge in [0, 0.05) is 11.4 Å². The maximum Gasteiger partial charge on any atom is 0.263 e. The van der Waals surface area contributed by atoms with Crippen molar-refractivity contribution in [3.8, 4) is 0 Å². The Hall–Kier alpha value is -1.98. The summed E-state index contributed by atoms with van der Waals surface area (Å²) in [6.45, 7) is 5.16. The van der Waals surface area contributed by atoms with Crippen LogP contribution in [-0.2, 0) is 4.79 Å².